The Bertz CT molecular complexity index is 667. The maximum Gasteiger partial charge on any atom is 0.162 e. The molecule has 2 rings (SSSR count). The van der Waals surface area contributed by atoms with Crippen LogP contribution >= 0.6 is 15.9 Å². The van der Waals surface area contributed by atoms with E-state index in [4.69, 9.17) is 14.7 Å². The average Bonchev–Trinajstić information content (AvgIpc) is 2.52. The van der Waals surface area contributed by atoms with Gasteiger partial charge in [0.05, 0.1) is 18.7 Å². The van der Waals surface area contributed by atoms with Crippen molar-refractivity contribution in [2.75, 3.05) is 13.7 Å². The van der Waals surface area contributed by atoms with Crippen LogP contribution < -0.4 is 9.47 Å². The summed E-state index contributed by atoms with van der Waals surface area (Å²) in [4.78, 5) is 0. The Hall–Kier alpha value is -2.03. The number of nitriles is 1. The summed E-state index contributed by atoms with van der Waals surface area (Å²) in [6.45, 7) is 0.0882. The number of benzene rings is 2. The lowest BCUT2D eigenvalue weighted by atomic mass is 10.1. The van der Waals surface area contributed by atoms with Gasteiger partial charge in [0.1, 0.15) is 12.7 Å². The van der Waals surface area contributed by atoms with Crippen molar-refractivity contribution in [3.8, 4) is 17.6 Å². The molecule has 0 saturated carbocycles. The maximum atomic E-state index is 10.2. The smallest absolute Gasteiger partial charge is 0.162 e. The Kier molecular flexibility index (Phi) is 5.20. The number of hydrogen-bond donors (Lipinski definition) is 1. The van der Waals surface area contributed by atoms with Crippen molar-refractivity contribution < 1.29 is 14.6 Å². The SMILES string of the molecule is COc1cc(C#N)ccc1OCC(O)c1ccccc1Br. The van der Waals surface area contributed by atoms with Crippen LogP contribution in [0.25, 0.3) is 0 Å². The third-order valence-electron chi connectivity index (χ3n) is 2.95. The van der Waals surface area contributed by atoms with Gasteiger partial charge >= 0.3 is 0 Å². The Morgan fingerprint density at radius 1 is 1.24 bits per heavy atom. The third-order valence-corrected chi connectivity index (χ3v) is 3.68. The number of rotatable bonds is 5. The molecule has 0 saturated heterocycles. The summed E-state index contributed by atoms with van der Waals surface area (Å²) in [5.74, 6) is 0.955. The zero-order valence-electron chi connectivity index (χ0n) is 11.4. The van der Waals surface area contributed by atoms with Crippen LogP contribution in [0.1, 0.15) is 17.2 Å². The monoisotopic (exact) mass is 347 g/mol. The lowest BCUT2D eigenvalue weighted by Gasteiger charge is -2.15. The molecule has 0 aliphatic rings. The fourth-order valence-corrected chi connectivity index (χ4v) is 2.41. The Morgan fingerprint density at radius 2 is 2.00 bits per heavy atom. The van der Waals surface area contributed by atoms with Gasteiger partial charge in [-0.2, -0.15) is 5.26 Å². The molecule has 1 unspecified atom stereocenters. The van der Waals surface area contributed by atoms with Crippen molar-refractivity contribution in [2.45, 2.75) is 6.10 Å². The second kappa shape index (κ2) is 7.11. The van der Waals surface area contributed by atoms with E-state index in [1.165, 1.54) is 7.11 Å². The molecule has 108 valence electrons. The highest BCUT2D eigenvalue weighted by Crippen LogP contribution is 2.30. The zero-order valence-corrected chi connectivity index (χ0v) is 13.0. The summed E-state index contributed by atoms with van der Waals surface area (Å²) in [7, 11) is 1.51. The van der Waals surface area contributed by atoms with Crippen LogP contribution in [0.15, 0.2) is 46.9 Å². The minimum absolute atomic E-state index is 0.0882. The lowest BCUT2D eigenvalue weighted by Crippen LogP contribution is -2.10. The van der Waals surface area contributed by atoms with Crippen LogP contribution in [-0.4, -0.2) is 18.8 Å². The molecule has 0 aliphatic carbocycles. The summed E-state index contributed by atoms with van der Waals surface area (Å²) in [6.07, 6.45) is -0.763. The van der Waals surface area contributed by atoms with Gasteiger partial charge in [-0.1, -0.05) is 34.1 Å². The number of methoxy groups -OCH3 is 1. The third kappa shape index (κ3) is 3.75. The Labute approximate surface area is 131 Å². The molecule has 0 aliphatic heterocycles. The summed E-state index contributed by atoms with van der Waals surface area (Å²) >= 11 is 3.39. The van der Waals surface area contributed by atoms with Crippen molar-refractivity contribution >= 4 is 15.9 Å². The fraction of sp³-hybridized carbons (Fsp3) is 0.188. The number of halogens is 1. The van der Waals surface area contributed by atoms with E-state index in [2.05, 4.69) is 15.9 Å². The maximum absolute atomic E-state index is 10.2. The second-order valence-electron chi connectivity index (χ2n) is 4.33. The fourth-order valence-electron chi connectivity index (χ4n) is 1.86. The second-order valence-corrected chi connectivity index (χ2v) is 5.18. The van der Waals surface area contributed by atoms with Crippen molar-refractivity contribution in [3.63, 3.8) is 0 Å². The van der Waals surface area contributed by atoms with Gasteiger partial charge in [0.2, 0.25) is 0 Å². The summed E-state index contributed by atoms with van der Waals surface area (Å²) in [6, 6.07) is 14.4. The number of aliphatic hydroxyl groups is 1. The van der Waals surface area contributed by atoms with Crippen molar-refractivity contribution in [2.24, 2.45) is 0 Å². The summed E-state index contributed by atoms with van der Waals surface area (Å²) in [5, 5.41) is 19.0. The van der Waals surface area contributed by atoms with Gasteiger partial charge in [-0.3, -0.25) is 0 Å². The van der Waals surface area contributed by atoms with Gasteiger partial charge in [-0.25, -0.2) is 0 Å². The molecule has 2 aromatic carbocycles. The number of aliphatic hydroxyl groups excluding tert-OH is 1. The van der Waals surface area contributed by atoms with Crippen molar-refractivity contribution in [1.82, 2.24) is 0 Å². The molecule has 0 radical (unpaired) electrons. The molecule has 5 heteroatoms. The molecule has 0 fully saturated rings. The van der Waals surface area contributed by atoms with E-state index < -0.39 is 6.10 Å². The average molecular weight is 348 g/mol. The Morgan fingerprint density at radius 3 is 2.67 bits per heavy atom. The van der Waals surface area contributed by atoms with Gasteiger partial charge in [0, 0.05) is 10.5 Å². The van der Waals surface area contributed by atoms with E-state index >= 15 is 0 Å². The molecule has 0 spiro atoms. The molecule has 1 atom stereocenters. The summed E-state index contributed by atoms with van der Waals surface area (Å²) < 4.78 is 11.6. The molecule has 21 heavy (non-hydrogen) atoms. The molecule has 0 bridgehead atoms. The summed E-state index contributed by atoms with van der Waals surface area (Å²) in [5.41, 5.74) is 1.25. The van der Waals surface area contributed by atoms with Crippen LogP contribution in [0.3, 0.4) is 0 Å². The van der Waals surface area contributed by atoms with Gasteiger partial charge in [0.15, 0.2) is 11.5 Å². The van der Waals surface area contributed by atoms with E-state index in [9.17, 15) is 5.11 Å². The first-order valence-corrected chi connectivity index (χ1v) is 7.08. The van der Waals surface area contributed by atoms with Crippen LogP contribution in [0.5, 0.6) is 11.5 Å². The quantitative estimate of drug-likeness (QED) is 0.899. The highest BCUT2D eigenvalue weighted by atomic mass is 79.9. The molecular weight excluding hydrogens is 334 g/mol. The molecule has 0 heterocycles. The van der Waals surface area contributed by atoms with Crippen LogP contribution in [0.2, 0.25) is 0 Å². The molecule has 4 nitrogen and oxygen atoms in total. The number of hydrogen-bond acceptors (Lipinski definition) is 4. The van der Waals surface area contributed by atoms with Gasteiger partial charge < -0.3 is 14.6 Å². The predicted molar refractivity (Wildman–Crippen MR) is 82.3 cm³/mol. The number of ether oxygens (including phenoxy) is 2. The molecule has 0 amide bonds. The minimum Gasteiger partial charge on any atom is -0.493 e. The van der Waals surface area contributed by atoms with Crippen LogP contribution in [0.4, 0.5) is 0 Å². The first kappa shape index (κ1) is 15.4. The Balaban J connectivity index is 2.10. The first-order valence-electron chi connectivity index (χ1n) is 6.29. The number of nitrogens with zero attached hydrogens (tertiary/aromatic N) is 1. The highest BCUT2D eigenvalue weighted by Gasteiger charge is 2.13. The van der Waals surface area contributed by atoms with Crippen molar-refractivity contribution in [1.29, 1.82) is 5.26 Å². The van der Waals surface area contributed by atoms with Gasteiger partial charge in [-0.15, -0.1) is 0 Å². The normalized spacial score (nSPS) is 11.5. The van der Waals surface area contributed by atoms with E-state index in [1.54, 1.807) is 18.2 Å². The van der Waals surface area contributed by atoms with E-state index in [-0.39, 0.29) is 6.61 Å². The van der Waals surface area contributed by atoms with Gasteiger partial charge in [-0.05, 0) is 23.8 Å². The van der Waals surface area contributed by atoms with E-state index in [0.29, 0.717) is 17.1 Å². The molecule has 0 aromatic heterocycles. The van der Waals surface area contributed by atoms with E-state index in [1.807, 2.05) is 30.3 Å². The van der Waals surface area contributed by atoms with E-state index in [0.717, 1.165) is 10.0 Å². The van der Waals surface area contributed by atoms with Crippen LogP contribution in [0, 0.1) is 11.3 Å². The van der Waals surface area contributed by atoms with Crippen molar-refractivity contribution in [3.05, 3.63) is 58.1 Å². The van der Waals surface area contributed by atoms with Gasteiger partial charge in [0.25, 0.3) is 0 Å². The van der Waals surface area contributed by atoms with Crippen LogP contribution in [-0.2, 0) is 0 Å². The highest BCUT2D eigenvalue weighted by molar-refractivity contribution is 9.10. The topological polar surface area (TPSA) is 62.5 Å². The lowest BCUT2D eigenvalue weighted by molar-refractivity contribution is 0.106. The minimum atomic E-state index is -0.763. The standard InChI is InChI=1S/C16H14BrNO3/c1-20-16-8-11(9-18)6-7-15(16)21-10-14(19)12-4-2-3-5-13(12)17/h2-8,14,19H,10H2,1H3. The molecule has 1 N–H and O–H groups in total. The predicted octanol–water partition coefficient (Wildman–Crippen LogP) is 3.44. The largest absolute Gasteiger partial charge is 0.493 e. The first-order chi connectivity index (χ1) is 10.2. The zero-order chi connectivity index (χ0) is 15.2. The molecular formula is C16H14BrNO3. The molecule has 2 aromatic rings.